The molecule has 0 saturated carbocycles. The van der Waals surface area contributed by atoms with Gasteiger partial charge in [-0.15, -0.1) is 0 Å². The van der Waals surface area contributed by atoms with Crippen molar-refractivity contribution in [3.8, 4) is 0 Å². The topological polar surface area (TPSA) is 65.0 Å². The van der Waals surface area contributed by atoms with E-state index < -0.39 is 11.9 Å². The van der Waals surface area contributed by atoms with Gasteiger partial charge >= 0.3 is 5.97 Å². The first-order valence-corrected chi connectivity index (χ1v) is 8.23. The van der Waals surface area contributed by atoms with Gasteiger partial charge in [-0.05, 0) is 19.3 Å². The molecule has 0 radical (unpaired) electrons. The van der Waals surface area contributed by atoms with Crippen LogP contribution < -0.4 is 0 Å². The molecule has 0 rings (SSSR count). The predicted molar refractivity (Wildman–Crippen MR) is 82.2 cm³/mol. The van der Waals surface area contributed by atoms with Crippen LogP contribution in [0, 0.1) is 0 Å². The minimum Gasteiger partial charge on any atom is -0.481 e. The van der Waals surface area contributed by atoms with Gasteiger partial charge in [0.15, 0.2) is 0 Å². The van der Waals surface area contributed by atoms with Gasteiger partial charge in [0, 0.05) is 6.42 Å². The van der Waals surface area contributed by atoms with Crippen molar-refractivity contribution in [2.45, 2.75) is 78.1 Å². The third-order valence-electron chi connectivity index (χ3n) is 3.10. The van der Waals surface area contributed by atoms with Crippen molar-refractivity contribution in [3.63, 3.8) is 0 Å². The Bertz CT molecular complexity index is 229. The molecule has 0 aromatic carbocycles. The third kappa shape index (κ3) is 10.7. The normalized spacial score (nSPS) is 11.8. The SMILES string of the molecule is CCCCOC(CCC(=O)O)(OCCCC)OCCCC. The maximum Gasteiger partial charge on any atom is 0.303 e. The van der Waals surface area contributed by atoms with Gasteiger partial charge in [-0.1, -0.05) is 40.0 Å². The summed E-state index contributed by atoms with van der Waals surface area (Å²) in [5.41, 5.74) is 0. The zero-order valence-electron chi connectivity index (χ0n) is 13.9. The standard InChI is InChI=1S/C16H32O5/c1-4-7-12-19-16(11-10-15(17)18,20-13-8-5-2)21-14-9-6-3/h4-14H2,1-3H3,(H,17,18). The first-order chi connectivity index (χ1) is 10.1. The number of unbranched alkanes of at least 4 members (excludes halogenated alkanes) is 3. The lowest BCUT2D eigenvalue weighted by molar-refractivity contribution is -0.383. The predicted octanol–water partition coefficient (Wildman–Crippen LogP) is 3.96. The molecule has 0 amide bonds. The van der Waals surface area contributed by atoms with Crippen molar-refractivity contribution >= 4 is 5.97 Å². The molecule has 0 atom stereocenters. The molecule has 0 heterocycles. The van der Waals surface area contributed by atoms with Crippen molar-refractivity contribution in [3.05, 3.63) is 0 Å². The fraction of sp³-hybridized carbons (Fsp3) is 0.938. The van der Waals surface area contributed by atoms with E-state index in [1.54, 1.807) is 0 Å². The molecule has 21 heavy (non-hydrogen) atoms. The monoisotopic (exact) mass is 304 g/mol. The van der Waals surface area contributed by atoms with E-state index in [-0.39, 0.29) is 12.8 Å². The van der Waals surface area contributed by atoms with Crippen LogP contribution in [0.25, 0.3) is 0 Å². The zero-order chi connectivity index (χ0) is 16.0. The lowest BCUT2D eigenvalue weighted by Gasteiger charge is -2.33. The van der Waals surface area contributed by atoms with E-state index in [2.05, 4.69) is 20.8 Å². The van der Waals surface area contributed by atoms with E-state index in [0.29, 0.717) is 19.8 Å². The summed E-state index contributed by atoms with van der Waals surface area (Å²) >= 11 is 0. The molecule has 0 aliphatic carbocycles. The Morgan fingerprint density at radius 1 is 0.857 bits per heavy atom. The number of carbonyl (C=O) groups is 1. The Morgan fingerprint density at radius 3 is 1.52 bits per heavy atom. The van der Waals surface area contributed by atoms with Gasteiger partial charge in [-0.3, -0.25) is 4.79 Å². The largest absolute Gasteiger partial charge is 0.481 e. The number of ether oxygens (including phenoxy) is 3. The highest BCUT2D eigenvalue weighted by atomic mass is 16.9. The number of carboxylic acid groups (broad SMARTS) is 1. The lowest BCUT2D eigenvalue weighted by atomic mass is 10.2. The minimum atomic E-state index is -1.20. The Labute approximate surface area is 129 Å². The van der Waals surface area contributed by atoms with Gasteiger partial charge in [0.2, 0.25) is 0 Å². The van der Waals surface area contributed by atoms with Crippen LogP contribution in [0.1, 0.15) is 72.1 Å². The van der Waals surface area contributed by atoms with Crippen LogP contribution in [0.15, 0.2) is 0 Å². The second-order valence-electron chi connectivity index (χ2n) is 5.18. The second-order valence-corrected chi connectivity index (χ2v) is 5.18. The fourth-order valence-electron chi connectivity index (χ4n) is 1.72. The van der Waals surface area contributed by atoms with Gasteiger partial charge in [0.25, 0.3) is 5.97 Å². The van der Waals surface area contributed by atoms with E-state index in [1.807, 2.05) is 0 Å². The quantitative estimate of drug-likeness (QED) is 0.366. The van der Waals surface area contributed by atoms with Crippen LogP contribution in [0.4, 0.5) is 0 Å². The molecule has 0 aromatic heterocycles. The molecule has 5 nitrogen and oxygen atoms in total. The minimum absolute atomic E-state index is 0.0234. The molecule has 1 N–H and O–H groups in total. The number of carboxylic acids is 1. The maximum absolute atomic E-state index is 10.9. The van der Waals surface area contributed by atoms with Crippen molar-refractivity contribution < 1.29 is 24.1 Å². The molecule has 0 aliphatic heterocycles. The number of rotatable bonds is 15. The Hall–Kier alpha value is -0.650. The van der Waals surface area contributed by atoms with Gasteiger partial charge in [-0.2, -0.15) is 0 Å². The zero-order valence-corrected chi connectivity index (χ0v) is 13.9. The summed E-state index contributed by atoms with van der Waals surface area (Å²) in [5.74, 6) is -2.06. The molecule has 0 bridgehead atoms. The first-order valence-electron chi connectivity index (χ1n) is 8.23. The highest BCUT2D eigenvalue weighted by Crippen LogP contribution is 2.24. The van der Waals surface area contributed by atoms with E-state index >= 15 is 0 Å². The maximum atomic E-state index is 10.9. The van der Waals surface area contributed by atoms with Crippen molar-refractivity contribution in [1.29, 1.82) is 0 Å². The highest BCUT2D eigenvalue weighted by molar-refractivity contribution is 5.66. The smallest absolute Gasteiger partial charge is 0.303 e. The van der Waals surface area contributed by atoms with Crippen LogP contribution in [-0.2, 0) is 19.0 Å². The van der Waals surface area contributed by atoms with Crippen LogP contribution in [0.2, 0.25) is 0 Å². The Morgan fingerprint density at radius 2 is 1.24 bits per heavy atom. The van der Waals surface area contributed by atoms with Crippen molar-refractivity contribution in [1.82, 2.24) is 0 Å². The summed E-state index contributed by atoms with van der Waals surface area (Å²) in [6.07, 6.45) is 5.95. The van der Waals surface area contributed by atoms with Crippen LogP contribution in [0.3, 0.4) is 0 Å². The number of aliphatic carboxylic acids is 1. The van der Waals surface area contributed by atoms with Gasteiger partial charge in [-0.25, -0.2) is 0 Å². The first kappa shape index (κ1) is 20.3. The number of hydrogen-bond donors (Lipinski definition) is 1. The molecule has 0 saturated heterocycles. The van der Waals surface area contributed by atoms with Gasteiger partial charge in [0.05, 0.1) is 26.2 Å². The van der Waals surface area contributed by atoms with Gasteiger partial charge in [0.1, 0.15) is 0 Å². The molecular formula is C16H32O5. The summed E-state index contributed by atoms with van der Waals surface area (Å²) in [6.45, 7) is 7.81. The molecule has 0 aromatic rings. The summed E-state index contributed by atoms with van der Waals surface area (Å²) < 4.78 is 17.4. The molecule has 126 valence electrons. The van der Waals surface area contributed by atoms with Gasteiger partial charge < -0.3 is 19.3 Å². The Kier molecular flexibility index (Phi) is 12.6. The second kappa shape index (κ2) is 13.0. The van der Waals surface area contributed by atoms with Crippen molar-refractivity contribution in [2.75, 3.05) is 19.8 Å². The summed E-state index contributed by atoms with van der Waals surface area (Å²) in [7, 11) is 0. The number of hydrogen-bond acceptors (Lipinski definition) is 4. The van der Waals surface area contributed by atoms with E-state index in [1.165, 1.54) is 0 Å². The highest BCUT2D eigenvalue weighted by Gasteiger charge is 2.34. The fourth-order valence-corrected chi connectivity index (χ4v) is 1.72. The van der Waals surface area contributed by atoms with Crippen LogP contribution in [-0.4, -0.2) is 36.9 Å². The van der Waals surface area contributed by atoms with E-state index in [4.69, 9.17) is 19.3 Å². The summed E-state index contributed by atoms with van der Waals surface area (Å²) in [5, 5.41) is 8.92. The lowest BCUT2D eigenvalue weighted by Crippen LogP contribution is -2.41. The van der Waals surface area contributed by atoms with E-state index in [9.17, 15) is 4.79 Å². The van der Waals surface area contributed by atoms with Crippen molar-refractivity contribution in [2.24, 2.45) is 0 Å². The molecule has 5 heteroatoms. The average molecular weight is 304 g/mol. The van der Waals surface area contributed by atoms with Crippen LogP contribution >= 0.6 is 0 Å². The molecule has 0 fully saturated rings. The average Bonchev–Trinajstić information content (AvgIpc) is 2.46. The molecule has 0 unspecified atom stereocenters. The third-order valence-corrected chi connectivity index (χ3v) is 3.10. The summed E-state index contributed by atoms with van der Waals surface area (Å²) in [4.78, 5) is 10.9. The summed E-state index contributed by atoms with van der Waals surface area (Å²) in [6, 6.07) is 0. The van der Waals surface area contributed by atoms with E-state index in [0.717, 1.165) is 38.5 Å². The Balaban J connectivity index is 4.64. The molecule has 0 spiro atoms. The molecule has 0 aliphatic rings. The molecular weight excluding hydrogens is 272 g/mol. The van der Waals surface area contributed by atoms with Crippen LogP contribution in [0.5, 0.6) is 0 Å².